The van der Waals surface area contributed by atoms with Crippen LogP contribution in [0.5, 0.6) is 0 Å². The lowest BCUT2D eigenvalue weighted by atomic mass is 9.73. The lowest BCUT2D eigenvalue weighted by Crippen LogP contribution is -2.45. The fourth-order valence-electron chi connectivity index (χ4n) is 3.85. The predicted octanol–water partition coefficient (Wildman–Crippen LogP) is 4.05. The van der Waals surface area contributed by atoms with E-state index in [4.69, 9.17) is 0 Å². The zero-order valence-electron chi connectivity index (χ0n) is 15.4. The third-order valence-electron chi connectivity index (χ3n) is 5.26. The molecule has 4 rings (SSSR count). The van der Waals surface area contributed by atoms with Crippen LogP contribution in [0.25, 0.3) is 0 Å². The van der Waals surface area contributed by atoms with Crippen molar-refractivity contribution in [3.63, 3.8) is 0 Å². The van der Waals surface area contributed by atoms with E-state index in [1.165, 1.54) is 7.05 Å². The van der Waals surface area contributed by atoms with Crippen LogP contribution >= 0.6 is 0 Å². The maximum Gasteiger partial charge on any atom is 0.260 e. The van der Waals surface area contributed by atoms with Gasteiger partial charge in [-0.25, -0.2) is 0 Å². The molecule has 28 heavy (non-hydrogen) atoms. The van der Waals surface area contributed by atoms with E-state index >= 15 is 0 Å². The molecule has 1 heterocycles. The Morgan fingerprint density at radius 2 is 1.39 bits per heavy atom. The highest BCUT2D eigenvalue weighted by Gasteiger charge is 2.44. The Balaban J connectivity index is 1.92. The molecule has 3 aromatic carbocycles. The van der Waals surface area contributed by atoms with Gasteiger partial charge in [0, 0.05) is 18.2 Å². The minimum Gasteiger partial charge on any atom is -0.293 e. The molecule has 0 bridgehead atoms. The molecule has 0 radical (unpaired) electrons. The number of rotatable bonds is 4. The molecule has 2 unspecified atom stereocenters. The zero-order chi connectivity index (χ0) is 19.7. The lowest BCUT2D eigenvalue weighted by Gasteiger charge is -2.34. The van der Waals surface area contributed by atoms with Crippen molar-refractivity contribution in [1.82, 2.24) is 4.90 Å². The van der Waals surface area contributed by atoms with Crippen molar-refractivity contribution in [2.45, 2.75) is 11.8 Å². The summed E-state index contributed by atoms with van der Waals surface area (Å²) in [5.74, 6) is -2.30. The molecule has 0 aliphatic carbocycles. The number of carbonyl (C=O) groups is 3. The zero-order valence-corrected chi connectivity index (χ0v) is 15.4. The number of imide groups is 1. The SMILES string of the molecule is CN1C(=O)c2ccccc2C(C(C(=O)c2ccccc2)c2ccccc2)C1=O. The summed E-state index contributed by atoms with van der Waals surface area (Å²) in [7, 11) is 1.47. The summed E-state index contributed by atoms with van der Waals surface area (Å²) in [6, 6.07) is 25.3. The van der Waals surface area contributed by atoms with E-state index < -0.39 is 11.8 Å². The van der Waals surface area contributed by atoms with Crippen molar-refractivity contribution in [3.8, 4) is 0 Å². The van der Waals surface area contributed by atoms with E-state index in [1.807, 2.05) is 48.5 Å². The first-order chi connectivity index (χ1) is 13.6. The van der Waals surface area contributed by atoms with Gasteiger partial charge >= 0.3 is 0 Å². The number of hydrogen-bond donors (Lipinski definition) is 0. The van der Waals surface area contributed by atoms with Crippen molar-refractivity contribution >= 4 is 17.6 Å². The van der Waals surface area contributed by atoms with Gasteiger partial charge in [-0.1, -0.05) is 78.9 Å². The number of hydrogen-bond acceptors (Lipinski definition) is 3. The molecule has 4 heteroatoms. The van der Waals surface area contributed by atoms with Crippen molar-refractivity contribution < 1.29 is 14.4 Å². The molecule has 0 saturated carbocycles. The van der Waals surface area contributed by atoms with Gasteiger partial charge in [-0.3, -0.25) is 19.3 Å². The second-order valence-electron chi connectivity index (χ2n) is 6.89. The number of nitrogens with zero attached hydrogens (tertiary/aromatic N) is 1. The van der Waals surface area contributed by atoms with Crippen LogP contribution in [0.4, 0.5) is 0 Å². The Kier molecular flexibility index (Phi) is 4.62. The summed E-state index contributed by atoms with van der Waals surface area (Å²) in [5, 5.41) is 0. The Labute approximate surface area is 163 Å². The van der Waals surface area contributed by atoms with E-state index in [0.717, 1.165) is 10.5 Å². The van der Waals surface area contributed by atoms with Crippen LogP contribution in [0.2, 0.25) is 0 Å². The van der Waals surface area contributed by atoms with Crippen LogP contribution in [0.1, 0.15) is 43.7 Å². The fourth-order valence-corrected chi connectivity index (χ4v) is 3.85. The molecule has 2 amide bonds. The quantitative estimate of drug-likeness (QED) is 0.515. The number of ketones is 1. The maximum atomic E-state index is 13.5. The Morgan fingerprint density at radius 3 is 2.07 bits per heavy atom. The Hall–Kier alpha value is -3.53. The van der Waals surface area contributed by atoms with Crippen LogP contribution < -0.4 is 0 Å². The summed E-state index contributed by atoms with van der Waals surface area (Å²) in [6.45, 7) is 0. The molecular formula is C24H19NO3. The van der Waals surface area contributed by atoms with E-state index in [0.29, 0.717) is 16.7 Å². The second kappa shape index (κ2) is 7.24. The molecular weight excluding hydrogens is 350 g/mol. The van der Waals surface area contributed by atoms with E-state index in [2.05, 4.69) is 0 Å². The van der Waals surface area contributed by atoms with E-state index in [9.17, 15) is 14.4 Å². The van der Waals surface area contributed by atoms with Crippen molar-refractivity contribution in [1.29, 1.82) is 0 Å². The lowest BCUT2D eigenvalue weighted by molar-refractivity contribution is -0.130. The molecule has 0 fully saturated rings. The summed E-state index contributed by atoms with van der Waals surface area (Å²) >= 11 is 0. The van der Waals surface area contributed by atoms with Gasteiger partial charge in [0.2, 0.25) is 5.91 Å². The number of fused-ring (bicyclic) bond motifs is 1. The molecule has 138 valence electrons. The molecule has 0 saturated heterocycles. The highest BCUT2D eigenvalue weighted by atomic mass is 16.2. The van der Waals surface area contributed by atoms with Gasteiger partial charge in [-0.2, -0.15) is 0 Å². The van der Waals surface area contributed by atoms with Crippen molar-refractivity contribution in [2.75, 3.05) is 7.05 Å². The van der Waals surface area contributed by atoms with Crippen LogP contribution in [0, 0.1) is 0 Å². The van der Waals surface area contributed by atoms with Crippen LogP contribution in [0.3, 0.4) is 0 Å². The van der Waals surface area contributed by atoms with Gasteiger partial charge in [0.1, 0.15) is 0 Å². The van der Waals surface area contributed by atoms with Crippen LogP contribution in [0.15, 0.2) is 84.9 Å². The molecule has 3 aromatic rings. The highest BCUT2D eigenvalue weighted by Crippen LogP contribution is 2.41. The monoisotopic (exact) mass is 369 g/mol. The van der Waals surface area contributed by atoms with Gasteiger partial charge in [-0.05, 0) is 17.2 Å². The van der Waals surface area contributed by atoms with Gasteiger partial charge in [0.15, 0.2) is 5.78 Å². The van der Waals surface area contributed by atoms with Crippen LogP contribution in [-0.2, 0) is 4.79 Å². The van der Waals surface area contributed by atoms with Crippen molar-refractivity contribution in [2.24, 2.45) is 0 Å². The third kappa shape index (κ3) is 2.93. The molecule has 1 aliphatic heterocycles. The number of likely N-dealkylation sites (N-methyl/N-ethyl adjacent to an activating group) is 1. The van der Waals surface area contributed by atoms with Crippen LogP contribution in [-0.4, -0.2) is 29.5 Å². The Morgan fingerprint density at radius 1 is 0.821 bits per heavy atom. The molecule has 1 aliphatic rings. The molecule has 0 N–H and O–H groups in total. The van der Waals surface area contributed by atoms with Gasteiger partial charge in [0.25, 0.3) is 5.91 Å². The van der Waals surface area contributed by atoms with Gasteiger partial charge in [0.05, 0.1) is 11.8 Å². The number of carbonyl (C=O) groups excluding carboxylic acids is 3. The summed E-state index contributed by atoms with van der Waals surface area (Å²) < 4.78 is 0. The predicted molar refractivity (Wildman–Crippen MR) is 106 cm³/mol. The normalized spacial score (nSPS) is 17.2. The number of Topliss-reactive ketones (excluding diaryl/α,β-unsaturated/α-hetero) is 1. The Bertz CT molecular complexity index is 1040. The molecule has 0 spiro atoms. The third-order valence-corrected chi connectivity index (χ3v) is 5.26. The summed E-state index contributed by atoms with van der Waals surface area (Å²) in [5.41, 5.74) is 2.37. The second-order valence-corrected chi connectivity index (χ2v) is 6.89. The number of amides is 2. The first kappa shape index (κ1) is 17.9. The maximum absolute atomic E-state index is 13.5. The summed E-state index contributed by atoms with van der Waals surface area (Å²) in [4.78, 5) is 40.5. The average molecular weight is 369 g/mol. The number of benzene rings is 3. The standard InChI is InChI=1S/C24H19NO3/c1-25-23(27)19-15-9-8-14-18(19)21(24(25)28)20(16-10-4-2-5-11-16)22(26)17-12-6-3-7-13-17/h2-15,20-21H,1H3. The topological polar surface area (TPSA) is 54.5 Å². The minimum atomic E-state index is -0.756. The first-order valence-corrected chi connectivity index (χ1v) is 9.14. The highest BCUT2D eigenvalue weighted by molar-refractivity contribution is 6.14. The molecule has 4 nitrogen and oxygen atoms in total. The van der Waals surface area contributed by atoms with Gasteiger partial charge in [-0.15, -0.1) is 0 Å². The minimum absolute atomic E-state index is 0.136. The van der Waals surface area contributed by atoms with E-state index in [1.54, 1.807) is 36.4 Å². The average Bonchev–Trinajstić information content (AvgIpc) is 2.76. The molecule has 2 atom stereocenters. The van der Waals surface area contributed by atoms with Crippen molar-refractivity contribution in [3.05, 3.63) is 107 Å². The largest absolute Gasteiger partial charge is 0.293 e. The van der Waals surface area contributed by atoms with E-state index in [-0.39, 0.29) is 17.6 Å². The van der Waals surface area contributed by atoms with Gasteiger partial charge < -0.3 is 0 Å². The molecule has 0 aromatic heterocycles. The smallest absolute Gasteiger partial charge is 0.260 e. The fraction of sp³-hybridized carbons (Fsp3) is 0.125. The summed E-state index contributed by atoms with van der Waals surface area (Å²) in [6.07, 6.45) is 0. The first-order valence-electron chi connectivity index (χ1n) is 9.14.